The third-order valence-electron chi connectivity index (χ3n) is 3.39. The Morgan fingerprint density at radius 3 is 2.59 bits per heavy atom. The molecule has 1 aromatic carbocycles. The van der Waals surface area contributed by atoms with Crippen LogP contribution in [0.2, 0.25) is 0 Å². The van der Waals surface area contributed by atoms with E-state index in [4.69, 9.17) is 5.11 Å². The molecule has 22 heavy (non-hydrogen) atoms. The van der Waals surface area contributed by atoms with Gasteiger partial charge in [0.1, 0.15) is 6.54 Å². The van der Waals surface area contributed by atoms with Gasteiger partial charge in [0.2, 0.25) is 10.0 Å². The van der Waals surface area contributed by atoms with Crippen molar-refractivity contribution in [2.24, 2.45) is 0 Å². The van der Waals surface area contributed by atoms with Crippen LogP contribution in [-0.4, -0.2) is 41.4 Å². The molecule has 0 radical (unpaired) electrons. The summed E-state index contributed by atoms with van der Waals surface area (Å²) in [6.45, 7) is 4.57. The van der Waals surface area contributed by atoms with E-state index in [-0.39, 0.29) is 4.90 Å². The number of nitrogens with zero attached hydrogens (tertiary/aromatic N) is 2. The Hall–Kier alpha value is -1.99. The monoisotopic (exact) mass is 322 g/mol. The van der Waals surface area contributed by atoms with E-state index < -0.39 is 28.6 Å². The van der Waals surface area contributed by atoms with E-state index in [0.29, 0.717) is 10.9 Å². The van der Waals surface area contributed by atoms with Crippen molar-refractivity contribution in [3.8, 4) is 0 Å². The third-order valence-corrected chi connectivity index (χ3v) is 5.47. The van der Waals surface area contributed by atoms with E-state index in [1.165, 1.54) is 6.07 Å². The summed E-state index contributed by atoms with van der Waals surface area (Å²) in [7, 11) is -3.93. The summed E-state index contributed by atoms with van der Waals surface area (Å²) in [5.41, 5.74) is 1.46. The summed E-state index contributed by atoms with van der Waals surface area (Å²) >= 11 is 0. The quantitative estimate of drug-likeness (QED) is 0.910. The first-order chi connectivity index (χ1) is 10.2. The van der Waals surface area contributed by atoms with Gasteiger partial charge >= 0.3 is 5.97 Å². The summed E-state index contributed by atoms with van der Waals surface area (Å²) in [6, 6.07) is 6.07. The van der Waals surface area contributed by atoms with Gasteiger partial charge in [-0.3, -0.25) is 9.78 Å². The second kappa shape index (κ2) is 6.02. The molecule has 0 atom stereocenters. The maximum Gasteiger partial charge on any atom is 0.318 e. The molecule has 0 bridgehead atoms. The molecule has 1 heterocycles. The van der Waals surface area contributed by atoms with Gasteiger partial charge in [-0.05, 0) is 44.5 Å². The van der Waals surface area contributed by atoms with Crippen LogP contribution in [0.25, 0.3) is 10.9 Å². The molecule has 0 aliphatic heterocycles. The lowest BCUT2D eigenvalue weighted by Crippen LogP contribution is -2.40. The number of fused-ring (bicyclic) bond motifs is 1. The van der Waals surface area contributed by atoms with E-state index >= 15 is 0 Å². The summed E-state index contributed by atoms with van der Waals surface area (Å²) < 4.78 is 26.7. The Bertz CT molecular complexity index is 815. The number of carbonyl (C=O) groups is 1. The van der Waals surface area contributed by atoms with Crippen LogP contribution < -0.4 is 0 Å². The topological polar surface area (TPSA) is 87.6 Å². The molecule has 0 fully saturated rings. The van der Waals surface area contributed by atoms with Crippen molar-refractivity contribution in [3.05, 3.63) is 36.0 Å². The molecule has 118 valence electrons. The Labute approximate surface area is 129 Å². The zero-order valence-electron chi connectivity index (χ0n) is 12.6. The molecule has 0 aliphatic carbocycles. The number of sulfonamides is 1. The van der Waals surface area contributed by atoms with Crippen molar-refractivity contribution in [1.29, 1.82) is 0 Å². The Balaban J connectivity index is 2.68. The van der Waals surface area contributed by atoms with Gasteiger partial charge in [-0.1, -0.05) is 6.07 Å². The van der Waals surface area contributed by atoms with Crippen molar-refractivity contribution in [2.75, 3.05) is 6.54 Å². The molecule has 0 unspecified atom stereocenters. The molecule has 6 nitrogen and oxygen atoms in total. The lowest BCUT2D eigenvalue weighted by Gasteiger charge is -2.24. The summed E-state index contributed by atoms with van der Waals surface area (Å²) in [5, 5.41) is 9.48. The predicted molar refractivity (Wildman–Crippen MR) is 83.1 cm³/mol. The first-order valence-corrected chi connectivity index (χ1v) is 8.27. The minimum atomic E-state index is -3.93. The highest BCUT2D eigenvalue weighted by molar-refractivity contribution is 7.89. The number of hydrogen-bond acceptors (Lipinski definition) is 4. The van der Waals surface area contributed by atoms with E-state index in [0.717, 1.165) is 9.87 Å². The highest BCUT2D eigenvalue weighted by Crippen LogP contribution is 2.27. The van der Waals surface area contributed by atoms with Gasteiger partial charge in [0.15, 0.2) is 0 Å². The van der Waals surface area contributed by atoms with E-state index in [1.54, 1.807) is 38.2 Å². The number of carboxylic acids is 1. The van der Waals surface area contributed by atoms with Crippen LogP contribution in [0.15, 0.2) is 35.4 Å². The molecule has 0 saturated carbocycles. The van der Waals surface area contributed by atoms with E-state index in [2.05, 4.69) is 4.98 Å². The smallest absolute Gasteiger partial charge is 0.318 e. The lowest BCUT2D eigenvalue weighted by molar-refractivity contribution is -0.137. The average molecular weight is 322 g/mol. The third kappa shape index (κ3) is 2.95. The van der Waals surface area contributed by atoms with Gasteiger partial charge in [-0.2, -0.15) is 4.31 Å². The number of aromatic nitrogens is 1. The molecule has 2 aromatic rings. The second-order valence-corrected chi connectivity index (χ2v) is 7.18. The lowest BCUT2D eigenvalue weighted by atomic mass is 10.1. The fourth-order valence-electron chi connectivity index (χ4n) is 2.32. The number of hydrogen-bond donors (Lipinski definition) is 1. The van der Waals surface area contributed by atoms with Crippen LogP contribution in [0, 0.1) is 6.92 Å². The average Bonchev–Trinajstić information content (AvgIpc) is 2.44. The van der Waals surface area contributed by atoms with Crippen LogP contribution in [0.5, 0.6) is 0 Å². The second-order valence-electron chi connectivity index (χ2n) is 5.32. The molecule has 1 N–H and O–H groups in total. The fourth-order valence-corrected chi connectivity index (χ4v) is 4.09. The minimum absolute atomic E-state index is 0.0798. The molecule has 1 aromatic heterocycles. The summed E-state index contributed by atoms with van der Waals surface area (Å²) in [5.74, 6) is -1.19. The van der Waals surface area contributed by atoms with Gasteiger partial charge < -0.3 is 5.11 Å². The number of benzene rings is 1. The van der Waals surface area contributed by atoms with Gasteiger partial charge in [-0.25, -0.2) is 8.42 Å². The molecule has 0 amide bonds. The minimum Gasteiger partial charge on any atom is -0.480 e. The van der Waals surface area contributed by atoms with Crippen LogP contribution in [0.1, 0.15) is 19.4 Å². The first kappa shape index (κ1) is 16.4. The molecular formula is C15H18N2O4S. The zero-order chi connectivity index (χ0) is 16.5. The van der Waals surface area contributed by atoms with Crippen molar-refractivity contribution in [2.45, 2.75) is 31.7 Å². The van der Waals surface area contributed by atoms with Gasteiger partial charge in [0, 0.05) is 17.6 Å². The molecule has 0 saturated heterocycles. The molecule has 0 aliphatic rings. The van der Waals surface area contributed by atoms with Crippen LogP contribution in [0.3, 0.4) is 0 Å². The Kier molecular flexibility index (Phi) is 4.48. The standard InChI is InChI=1S/C15H18N2O4S/c1-10(2)17(9-14(18)19)22(20,21)13-7-6-11(3)15-12(13)5-4-8-16-15/h4-8,10H,9H2,1-3H3,(H,18,19). The van der Waals surface area contributed by atoms with Gasteiger partial charge in [0.25, 0.3) is 0 Å². The molecule has 7 heteroatoms. The number of aryl methyl sites for hydroxylation is 1. The van der Waals surface area contributed by atoms with Crippen LogP contribution >= 0.6 is 0 Å². The van der Waals surface area contributed by atoms with E-state index in [1.807, 2.05) is 6.92 Å². The van der Waals surface area contributed by atoms with Gasteiger partial charge in [0.05, 0.1) is 10.4 Å². The fraction of sp³-hybridized carbons (Fsp3) is 0.333. The molecule has 0 spiro atoms. The predicted octanol–water partition coefficient (Wildman–Crippen LogP) is 2.03. The first-order valence-electron chi connectivity index (χ1n) is 6.83. The van der Waals surface area contributed by atoms with E-state index in [9.17, 15) is 13.2 Å². The zero-order valence-corrected chi connectivity index (χ0v) is 13.5. The Morgan fingerprint density at radius 2 is 2.00 bits per heavy atom. The van der Waals surface area contributed by atoms with Crippen molar-refractivity contribution in [3.63, 3.8) is 0 Å². The maximum absolute atomic E-state index is 12.9. The van der Waals surface area contributed by atoms with Crippen molar-refractivity contribution < 1.29 is 18.3 Å². The van der Waals surface area contributed by atoms with Gasteiger partial charge in [-0.15, -0.1) is 0 Å². The number of rotatable bonds is 5. The highest BCUT2D eigenvalue weighted by atomic mass is 32.2. The largest absolute Gasteiger partial charge is 0.480 e. The number of pyridine rings is 1. The molecular weight excluding hydrogens is 304 g/mol. The maximum atomic E-state index is 12.9. The van der Waals surface area contributed by atoms with Crippen LogP contribution in [0.4, 0.5) is 0 Å². The number of carboxylic acid groups (broad SMARTS) is 1. The number of aliphatic carboxylic acids is 1. The summed E-state index contributed by atoms with van der Waals surface area (Å²) in [6.07, 6.45) is 1.60. The highest BCUT2D eigenvalue weighted by Gasteiger charge is 2.30. The molecule has 2 rings (SSSR count). The van der Waals surface area contributed by atoms with Crippen LogP contribution in [-0.2, 0) is 14.8 Å². The van der Waals surface area contributed by atoms with Crippen molar-refractivity contribution >= 4 is 26.9 Å². The Morgan fingerprint density at radius 1 is 1.32 bits per heavy atom. The normalized spacial score (nSPS) is 12.2. The van der Waals surface area contributed by atoms with Crippen molar-refractivity contribution in [1.82, 2.24) is 9.29 Å². The SMILES string of the molecule is Cc1ccc(S(=O)(=O)N(CC(=O)O)C(C)C)c2cccnc12. The summed E-state index contributed by atoms with van der Waals surface area (Å²) in [4.78, 5) is 15.3.